The number of rotatable bonds is 4. The highest BCUT2D eigenvalue weighted by Crippen LogP contribution is 2.34. The lowest BCUT2D eigenvalue weighted by molar-refractivity contribution is 0.603. The van der Waals surface area contributed by atoms with E-state index in [4.69, 9.17) is 34.8 Å². The van der Waals surface area contributed by atoms with Gasteiger partial charge < -0.3 is 0 Å². The monoisotopic (exact) mass is 338 g/mol. The van der Waals surface area contributed by atoms with E-state index in [-0.39, 0.29) is 15.9 Å². The van der Waals surface area contributed by atoms with Gasteiger partial charge in [0.25, 0.3) is 0 Å². The number of nitrogens with one attached hydrogen (secondary N) is 1. The van der Waals surface area contributed by atoms with Gasteiger partial charge in [-0.15, -0.1) is 5.10 Å². The Labute approximate surface area is 128 Å². The molecule has 0 unspecified atom stereocenters. The van der Waals surface area contributed by atoms with E-state index in [1.165, 1.54) is 10.6 Å². The molecule has 0 saturated heterocycles. The smallest absolute Gasteiger partial charge is 0.270 e. The first-order chi connectivity index (χ1) is 9.02. The maximum atomic E-state index is 11.6. The fourth-order valence-electron chi connectivity index (χ4n) is 1.39. The maximum absolute atomic E-state index is 11.6. The van der Waals surface area contributed by atoms with E-state index in [1.807, 2.05) is 6.92 Å². The van der Waals surface area contributed by atoms with Crippen molar-refractivity contribution in [2.45, 2.75) is 30.1 Å². The Balaban J connectivity index is 2.36. The van der Waals surface area contributed by atoms with Crippen LogP contribution in [0.4, 0.5) is 0 Å². The van der Waals surface area contributed by atoms with Crippen molar-refractivity contribution in [3.05, 3.63) is 31.7 Å². The molecule has 0 aromatic carbocycles. The molecule has 0 amide bonds. The predicted molar refractivity (Wildman–Crippen MR) is 76.5 cm³/mol. The summed E-state index contributed by atoms with van der Waals surface area (Å²) >= 11 is 18.9. The Morgan fingerprint density at radius 3 is 2.79 bits per heavy atom. The Morgan fingerprint density at radius 1 is 1.37 bits per heavy atom. The summed E-state index contributed by atoms with van der Waals surface area (Å²) in [7, 11) is 0. The fourth-order valence-corrected chi connectivity index (χ4v) is 2.89. The highest BCUT2D eigenvalue weighted by atomic mass is 35.5. The van der Waals surface area contributed by atoms with Crippen molar-refractivity contribution < 1.29 is 0 Å². The first-order valence-electron chi connectivity index (χ1n) is 5.37. The van der Waals surface area contributed by atoms with Crippen LogP contribution in [0.2, 0.25) is 15.2 Å². The molecule has 9 heteroatoms. The second kappa shape index (κ2) is 6.17. The molecule has 2 rings (SSSR count). The molecule has 0 radical (unpaired) electrons. The number of hydrogen-bond acceptors (Lipinski definition) is 4. The van der Waals surface area contributed by atoms with Crippen LogP contribution in [-0.4, -0.2) is 19.7 Å². The van der Waals surface area contributed by atoms with Crippen LogP contribution in [0.1, 0.15) is 13.3 Å². The molecule has 0 aliphatic heterocycles. The second-order valence-electron chi connectivity index (χ2n) is 3.61. The van der Waals surface area contributed by atoms with E-state index in [1.54, 1.807) is 0 Å². The van der Waals surface area contributed by atoms with Gasteiger partial charge in [-0.05, 0) is 24.2 Å². The van der Waals surface area contributed by atoms with Gasteiger partial charge in [-0.25, -0.2) is 14.9 Å². The molecule has 2 heterocycles. The molecule has 1 N–H and O–H groups in total. The molecule has 0 bridgehead atoms. The van der Waals surface area contributed by atoms with Gasteiger partial charge in [0.2, 0.25) is 0 Å². The van der Waals surface area contributed by atoms with E-state index in [9.17, 15) is 4.79 Å². The van der Waals surface area contributed by atoms with Crippen molar-refractivity contribution in [2.24, 2.45) is 0 Å². The van der Waals surface area contributed by atoms with E-state index >= 15 is 0 Å². The first kappa shape index (κ1) is 14.7. The van der Waals surface area contributed by atoms with Gasteiger partial charge in [-0.2, -0.15) is 0 Å². The van der Waals surface area contributed by atoms with Crippen molar-refractivity contribution in [3.63, 3.8) is 0 Å². The highest BCUT2D eigenvalue weighted by molar-refractivity contribution is 7.99. The zero-order valence-electron chi connectivity index (χ0n) is 9.78. The molecule has 2 aromatic rings. The van der Waals surface area contributed by atoms with E-state index in [0.717, 1.165) is 18.2 Å². The van der Waals surface area contributed by atoms with Crippen molar-refractivity contribution in [1.82, 2.24) is 19.7 Å². The number of nitrogens with zero attached hydrogens (tertiary/aromatic N) is 3. The van der Waals surface area contributed by atoms with Crippen LogP contribution >= 0.6 is 46.6 Å². The lowest BCUT2D eigenvalue weighted by Gasteiger charge is -2.05. The van der Waals surface area contributed by atoms with Gasteiger partial charge in [-0.3, -0.25) is 4.57 Å². The van der Waals surface area contributed by atoms with Crippen LogP contribution in [-0.2, 0) is 6.54 Å². The average Bonchev–Trinajstić information content (AvgIpc) is 2.69. The summed E-state index contributed by atoms with van der Waals surface area (Å²) in [5.41, 5.74) is -0.263. The molecular formula is C10H9Cl3N4OS. The SMILES string of the molecule is CCCn1c(Sc2nc(Cl)c(Cl)cc2Cl)n[nH]c1=O. The van der Waals surface area contributed by atoms with Gasteiger partial charge in [0.05, 0.1) is 10.0 Å². The van der Waals surface area contributed by atoms with Crippen molar-refractivity contribution >= 4 is 46.6 Å². The van der Waals surface area contributed by atoms with E-state index in [2.05, 4.69) is 15.2 Å². The standard InChI is InChI=1S/C10H9Cl3N4OS/c1-2-3-17-9(18)15-16-10(17)19-8-6(12)4-5(11)7(13)14-8/h4H,2-3H2,1H3,(H,15,18). The fraction of sp³-hybridized carbons (Fsp3) is 0.300. The summed E-state index contributed by atoms with van der Waals surface area (Å²) in [5, 5.41) is 8.07. The summed E-state index contributed by atoms with van der Waals surface area (Å²) < 4.78 is 1.52. The molecule has 0 aliphatic carbocycles. The quantitative estimate of drug-likeness (QED) is 0.866. The third kappa shape index (κ3) is 3.25. The predicted octanol–water partition coefficient (Wildman–Crippen LogP) is 3.49. The summed E-state index contributed by atoms with van der Waals surface area (Å²) in [6.45, 7) is 2.54. The minimum absolute atomic E-state index is 0.161. The average molecular weight is 340 g/mol. The Kier molecular flexibility index (Phi) is 4.78. The molecule has 0 fully saturated rings. The van der Waals surface area contributed by atoms with Crippen LogP contribution in [0.25, 0.3) is 0 Å². The third-order valence-corrected chi connectivity index (χ3v) is 4.28. The van der Waals surface area contributed by atoms with Gasteiger partial charge in [-0.1, -0.05) is 41.7 Å². The molecule has 0 spiro atoms. The normalized spacial score (nSPS) is 10.9. The summed E-state index contributed by atoms with van der Waals surface area (Å²) in [5.74, 6) is 0. The van der Waals surface area contributed by atoms with Crippen molar-refractivity contribution in [3.8, 4) is 0 Å². The van der Waals surface area contributed by atoms with Gasteiger partial charge in [0.1, 0.15) is 10.2 Å². The zero-order valence-corrected chi connectivity index (χ0v) is 12.9. The first-order valence-corrected chi connectivity index (χ1v) is 7.32. The van der Waals surface area contributed by atoms with Crippen molar-refractivity contribution in [2.75, 3.05) is 0 Å². The lowest BCUT2D eigenvalue weighted by atomic mass is 10.5. The molecule has 0 aliphatic rings. The largest absolute Gasteiger partial charge is 0.343 e. The Morgan fingerprint density at radius 2 is 2.11 bits per heavy atom. The summed E-state index contributed by atoms with van der Waals surface area (Å²) in [4.78, 5) is 15.6. The van der Waals surface area contributed by atoms with E-state index in [0.29, 0.717) is 21.7 Å². The molecule has 102 valence electrons. The molecule has 0 atom stereocenters. The maximum Gasteiger partial charge on any atom is 0.343 e. The number of aromatic amines is 1. The molecule has 2 aromatic heterocycles. The number of hydrogen-bond donors (Lipinski definition) is 1. The zero-order chi connectivity index (χ0) is 14.0. The van der Waals surface area contributed by atoms with Crippen molar-refractivity contribution in [1.29, 1.82) is 0 Å². The highest BCUT2D eigenvalue weighted by Gasteiger charge is 2.14. The van der Waals surface area contributed by atoms with Gasteiger partial charge in [0, 0.05) is 6.54 Å². The van der Waals surface area contributed by atoms with Gasteiger partial charge >= 0.3 is 5.69 Å². The summed E-state index contributed by atoms with van der Waals surface area (Å²) in [6, 6.07) is 1.51. The minimum atomic E-state index is -0.263. The second-order valence-corrected chi connectivity index (χ2v) is 5.74. The Bertz CT molecular complexity index is 655. The number of pyridine rings is 1. The summed E-state index contributed by atoms with van der Waals surface area (Å²) in [6.07, 6.45) is 0.815. The van der Waals surface area contributed by atoms with Crippen LogP contribution < -0.4 is 5.69 Å². The topological polar surface area (TPSA) is 63.6 Å². The van der Waals surface area contributed by atoms with Gasteiger partial charge in [0.15, 0.2) is 5.16 Å². The molecule has 0 saturated carbocycles. The molecule has 19 heavy (non-hydrogen) atoms. The number of halogens is 3. The van der Waals surface area contributed by atoms with Crippen LogP contribution in [0, 0.1) is 0 Å². The van der Waals surface area contributed by atoms with Crippen LogP contribution in [0.15, 0.2) is 21.0 Å². The lowest BCUT2D eigenvalue weighted by Crippen LogP contribution is -2.17. The third-order valence-electron chi connectivity index (χ3n) is 2.21. The molecule has 5 nitrogen and oxygen atoms in total. The van der Waals surface area contributed by atoms with E-state index < -0.39 is 0 Å². The van der Waals surface area contributed by atoms with Crippen LogP contribution in [0.3, 0.4) is 0 Å². The minimum Gasteiger partial charge on any atom is -0.270 e. The number of aromatic nitrogens is 4. The Hall–Kier alpha value is -0.690. The molecular weight excluding hydrogens is 331 g/mol. The number of H-pyrrole nitrogens is 1. The van der Waals surface area contributed by atoms with Crippen LogP contribution in [0.5, 0.6) is 0 Å².